The zero-order chi connectivity index (χ0) is 18.6. The summed E-state index contributed by atoms with van der Waals surface area (Å²) in [5, 5.41) is 0. The predicted molar refractivity (Wildman–Crippen MR) is 99.6 cm³/mol. The topological polar surface area (TPSA) is 65.1 Å². The average molecular weight is 377 g/mol. The van der Waals surface area contributed by atoms with Gasteiger partial charge in [-0.2, -0.15) is 0 Å². The molecule has 0 fully saturated rings. The maximum atomic E-state index is 13.0. The van der Waals surface area contributed by atoms with Crippen LogP contribution in [0.1, 0.15) is 26.7 Å². The highest BCUT2D eigenvalue weighted by Crippen LogP contribution is 2.37. The molecule has 0 saturated heterocycles. The highest BCUT2D eigenvalue weighted by atomic mass is 32.2. The summed E-state index contributed by atoms with van der Waals surface area (Å²) in [6.45, 7) is 4.97. The fourth-order valence-electron chi connectivity index (χ4n) is 2.70. The zero-order valence-corrected chi connectivity index (χ0v) is 15.8. The lowest BCUT2D eigenvalue weighted by Crippen LogP contribution is -2.30. The average Bonchev–Trinajstić information content (AvgIpc) is 3.11. The van der Waals surface area contributed by atoms with Crippen molar-refractivity contribution in [3.63, 3.8) is 0 Å². The van der Waals surface area contributed by atoms with Gasteiger partial charge >= 0.3 is 0 Å². The summed E-state index contributed by atoms with van der Waals surface area (Å²) in [6, 6.07) is 11.7. The number of benzene rings is 2. The summed E-state index contributed by atoms with van der Waals surface area (Å²) in [6.07, 6.45) is 2.02. The van der Waals surface area contributed by atoms with Gasteiger partial charge in [-0.25, -0.2) is 8.42 Å². The minimum absolute atomic E-state index is 0.150. The van der Waals surface area contributed by atoms with Crippen LogP contribution in [-0.2, 0) is 10.0 Å². The normalized spacial score (nSPS) is 12.8. The third-order valence-corrected chi connectivity index (χ3v) is 6.03. The molecule has 1 heterocycles. The molecule has 1 aliphatic rings. The van der Waals surface area contributed by atoms with Crippen molar-refractivity contribution >= 4 is 15.7 Å². The number of ether oxygens (including phenoxy) is 3. The fraction of sp³-hybridized carbons (Fsp3) is 0.368. The number of fused-ring (bicyclic) bond motifs is 1. The van der Waals surface area contributed by atoms with E-state index >= 15 is 0 Å². The van der Waals surface area contributed by atoms with E-state index in [4.69, 9.17) is 14.2 Å². The SMILES string of the molecule is CCCCOc1ccc(S(=O)(=O)N(CC)c2ccc3c(c2)OCO3)cc1. The summed E-state index contributed by atoms with van der Waals surface area (Å²) >= 11 is 0. The van der Waals surface area contributed by atoms with Gasteiger partial charge in [-0.1, -0.05) is 13.3 Å². The zero-order valence-electron chi connectivity index (χ0n) is 15.0. The number of rotatable bonds is 8. The maximum Gasteiger partial charge on any atom is 0.264 e. The Kier molecular flexibility index (Phi) is 5.56. The Morgan fingerprint density at radius 3 is 2.46 bits per heavy atom. The Bertz CT molecular complexity index is 849. The van der Waals surface area contributed by atoms with E-state index in [9.17, 15) is 8.42 Å². The molecule has 26 heavy (non-hydrogen) atoms. The van der Waals surface area contributed by atoms with Crippen molar-refractivity contribution in [3.05, 3.63) is 42.5 Å². The Morgan fingerprint density at radius 1 is 1.04 bits per heavy atom. The standard InChI is InChI=1S/C19H23NO5S/c1-3-5-12-23-16-7-9-17(10-8-16)26(21,22)20(4-2)15-6-11-18-19(13-15)25-14-24-18/h6-11,13H,3-5,12,14H2,1-2H3. The Hall–Kier alpha value is -2.41. The van der Waals surface area contributed by atoms with Gasteiger partial charge in [-0.15, -0.1) is 0 Å². The predicted octanol–water partition coefficient (Wildman–Crippen LogP) is 3.81. The molecule has 0 aliphatic carbocycles. The van der Waals surface area contributed by atoms with Crippen LogP contribution < -0.4 is 18.5 Å². The molecule has 0 amide bonds. The fourth-order valence-corrected chi connectivity index (χ4v) is 4.17. The van der Waals surface area contributed by atoms with Gasteiger partial charge in [0.15, 0.2) is 11.5 Å². The molecule has 0 bridgehead atoms. The smallest absolute Gasteiger partial charge is 0.264 e. The second-order valence-electron chi connectivity index (χ2n) is 5.88. The number of unbranched alkanes of at least 4 members (excludes halogenated alkanes) is 1. The number of hydrogen-bond acceptors (Lipinski definition) is 5. The van der Waals surface area contributed by atoms with Gasteiger partial charge in [-0.3, -0.25) is 4.31 Å². The van der Waals surface area contributed by atoms with Gasteiger partial charge < -0.3 is 14.2 Å². The molecular weight excluding hydrogens is 354 g/mol. The van der Waals surface area contributed by atoms with Crippen molar-refractivity contribution in [1.82, 2.24) is 0 Å². The van der Waals surface area contributed by atoms with Gasteiger partial charge in [0.1, 0.15) is 5.75 Å². The first-order valence-electron chi connectivity index (χ1n) is 8.71. The van der Waals surface area contributed by atoms with Crippen molar-refractivity contribution in [2.75, 3.05) is 24.2 Å². The van der Waals surface area contributed by atoms with Gasteiger partial charge in [0.2, 0.25) is 6.79 Å². The van der Waals surface area contributed by atoms with Crippen LogP contribution in [0, 0.1) is 0 Å². The number of anilines is 1. The molecule has 1 aliphatic heterocycles. The molecule has 2 aromatic rings. The molecule has 0 unspecified atom stereocenters. The number of hydrogen-bond donors (Lipinski definition) is 0. The second-order valence-corrected chi connectivity index (χ2v) is 7.74. The van der Waals surface area contributed by atoms with Crippen LogP contribution in [0.2, 0.25) is 0 Å². The van der Waals surface area contributed by atoms with Crippen molar-refractivity contribution < 1.29 is 22.6 Å². The molecule has 3 rings (SSSR count). The second kappa shape index (κ2) is 7.86. The minimum atomic E-state index is -3.68. The minimum Gasteiger partial charge on any atom is -0.494 e. The van der Waals surface area contributed by atoms with E-state index in [0.29, 0.717) is 36.1 Å². The summed E-state index contributed by atoms with van der Waals surface area (Å²) in [4.78, 5) is 0.222. The van der Waals surface area contributed by atoms with Gasteiger partial charge in [-0.05, 0) is 49.7 Å². The lowest BCUT2D eigenvalue weighted by atomic mass is 10.3. The van der Waals surface area contributed by atoms with E-state index in [1.54, 1.807) is 49.4 Å². The van der Waals surface area contributed by atoms with E-state index in [1.807, 2.05) is 0 Å². The molecule has 0 atom stereocenters. The highest BCUT2D eigenvalue weighted by molar-refractivity contribution is 7.92. The Balaban J connectivity index is 1.83. The third-order valence-electron chi connectivity index (χ3n) is 4.11. The van der Waals surface area contributed by atoms with Crippen LogP contribution >= 0.6 is 0 Å². The Morgan fingerprint density at radius 2 is 1.77 bits per heavy atom. The molecule has 6 nitrogen and oxygen atoms in total. The van der Waals surface area contributed by atoms with E-state index in [0.717, 1.165) is 12.8 Å². The lowest BCUT2D eigenvalue weighted by molar-refractivity contribution is 0.174. The molecule has 0 aromatic heterocycles. The quantitative estimate of drug-likeness (QED) is 0.655. The van der Waals surface area contributed by atoms with Crippen LogP contribution in [0.5, 0.6) is 17.2 Å². The van der Waals surface area contributed by atoms with E-state index in [-0.39, 0.29) is 11.7 Å². The third kappa shape index (κ3) is 3.72. The maximum absolute atomic E-state index is 13.0. The summed E-state index contributed by atoms with van der Waals surface area (Å²) in [5.74, 6) is 1.84. The molecule has 140 valence electrons. The number of sulfonamides is 1. The van der Waals surface area contributed by atoms with Crippen LogP contribution in [0.4, 0.5) is 5.69 Å². The molecule has 2 aromatic carbocycles. The van der Waals surface area contributed by atoms with Crippen molar-refractivity contribution in [1.29, 1.82) is 0 Å². The van der Waals surface area contributed by atoms with Crippen molar-refractivity contribution in [2.24, 2.45) is 0 Å². The van der Waals surface area contributed by atoms with Crippen molar-refractivity contribution in [3.8, 4) is 17.2 Å². The van der Waals surface area contributed by atoms with Crippen LogP contribution in [0.15, 0.2) is 47.4 Å². The van der Waals surface area contributed by atoms with Gasteiger partial charge in [0.05, 0.1) is 17.2 Å². The first kappa shape index (κ1) is 18.4. The largest absolute Gasteiger partial charge is 0.494 e. The van der Waals surface area contributed by atoms with Gasteiger partial charge in [0, 0.05) is 12.6 Å². The van der Waals surface area contributed by atoms with Crippen LogP contribution in [-0.4, -0.2) is 28.4 Å². The number of nitrogens with zero attached hydrogens (tertiary/aromatic N) is 1. The first-order chi connectivity index (χ1) is 12.6. The summed E-state index contributed by atoms with van der Waals surface area (Å²) in [7, 11) is -3.68. The molecule has 0 radical (unpaired) electrons. The van der Waals surface area contributed by atoms with Crippen molar-refractivity contribution in [2.45, 2.75) is 31.6 Å². The molecular formula is C19H23NO5S. The molecule has 0 N–H and O–H groups in total. The van der Waals surface area contributed by atoms with Crippen LogP contribution in [0.25, 0.3) is 0 Å². The van der Waals surface area contributed by atoms with Crippen LogP contribution in [0.3, 0.4) is 0 Å². The highest BCUT2D eigenvalue weighted by Gasteiger charge is 2.25. The lowest BCUT2D eigenvalue weighted by Gasteiger charge is -2.23. The monoisotopic (exact) mass is 377 g/mol. The molecule has 7 heteroatoms. The molecule has 0 spiro atoms. The van der Waals surface area contributed by atoms with E-state index in [2.05, 4.69) is 6.92 Å². The Labute approximate surface area is 154 Å². The van der Waals surface area contributed by atoms with E-state index in [1.165, 1.54) is 4.31 Å². The summed E-state index contributed by atoms with van der Waals surface area (Å²) in [5.41, 5.74) is 0.542. The van der Waals surface area contributed by atoms with Gasteiger partial charge in [0.25, 0.3) is 10.0 Å². The summed E-state index contributed by atoms with van der Waals surface area (Å²) < 4.78 is 43.7. The van der Waals surface area contributed by atoms with E-state index < -0.39 is 10.0 Å². The first-order valence-corrected chi connectivity index (χ1v) is 10.2. The molecule has 0 saturated carbocycles.